The Hall–Kier alpha value is -1.14. The Bertz CT molecular complexity index is 249. The van der Waals surface area contributed by atoms with Gasteiger partial charge in [0.2, 0.25) is 11.8 Å². The van der Waals surface area contributed by atoms with Crippen LogP contribution in [0.5, 0.6) is 0 Å². The maximum atomic E-state index is 11.5. The van der Waals surface area contributed by atoms with Crippen molar-refractivity contribution in [1.29, 1.82) is 0 Å². The van der Waals surface area contributed by atoms with Gasteiger partial charge in [0.05, 0.1) is 13.1 Å². The predicted molar refractivity (Wildman–Crippen MR) is 61.0 cm³/mol. The Morgan fingerprint density at radius 3 is 2.25 bits per heavy atom. The lowest BCUT2D eigenvalue weighted by Gasteiger charge is -2.34. The van der Waals surface area contributed by atoms with Crippen LogP contribution in [0.15, 0.2) is 0 Å². The molecular weight excluding hydrogens is 208 g/mol. The maximum absolute atomic E-state index is 11.5. The molecule has 0 saturated carbocycles. The number of carbonyl (C=O) groups is 2. The summed E-state index contributed by atoms with van der Waals surface area (Å²) in [5, 5.41) is 5.44. The van der Waals surface area contributed by atoms with E-state index in [9.17, 15) is 9.59 Å². The largest absolute Gasteiger partial charge is 0.358 e. The van der Waals surface area contributed by atoms with Crippen molar-refractivity contribution in [2.75, 3.05) is 53.4 Å². The molecule has 0 bridgehead atoms. The topological polar surface area (TPSA) is 64.7 Å². The smallest absolute Gasteiger partial charge is 0.236 e. The van der Waals surface area contributed by atoms with Crippen molar-refractivity contribution < 1.29 is 9.59 Å². The summed E-state index contributed by atoms with van der Waals surface area (Å²) in [5.41, 5.74) is 0. The molecule has 0 spiro atoms. The molecule has 0 aromatic rings. The van der Waals surface area contributed by atoms with Gasteiger partial charge in [-0.3, -0.25) is 14.5 Å². The van der Waals surface area contributed by atoms with Crippen molar-refractivity contribution in [1.82, 2.24) is 20.4 Å². The summed E-state index contributed by atoms with van der Waals surface area (Å²) in [6, 6.07) is 0. The zero-order chi connectivity index (χ0) is 12.0. The summed E-state index contributed by atoms with van der Waals surface area (Å²) >= 11 is 0. The molecular formula is C10H20N4O2. The van der Waals surface area contributed by atoms with E-state index in [1.807, 2.05) is 4.90 Å². The molecule has 1 fully saturated rings. The van der Waals surface area contributed by atoms with Gasteiger partial charge >= 0.3 is 0 Å². The van der Waals surface area contributed by atoms with Crippen LogP contribution in [0, 0.1) is 0 Å². The number of piperazine rings is 1. The first kappa shape index (κ1) is 12.9. The Kier molecular flexibility index (Phi) is 5.21. The third-order valence-corrected chi connectivity index (χ3v) is 2.70. The Balaban J connectivity index is 2.28. The maximum Gasteiger partial charge on any atom is 0.236 e. The molecule has 92 valence electrons. The highest BCUT2D eigenvalue weighted by molar-refractivity contribution is 5.79. The van der Waals surface area contributed by atoms with Crippen molar-refractivity contribution in [2.45, 2.75) is 0 Å². The number of carbonyl (C=O) groups excluding carboxylic acids is 2. The van der Waals surface area contributed by atoms with E-state index in [4.69, 9.17) is 0 Å². The van der Waals surface area contributed by atoms with Crippen LogP contribution in [0.3, 0.4) is 0 Å². The Labute approximate surface area is 96.0 Å². The first-order valence-corrected chi connectivity index (χ1v) is 5.52. The first-order chi connectivity index (χ1) is 7.67. The van der Waals surface area contributed by atoms with Crippen molar-refractivity contribution in [3.63, 3.8) is 0 Å². The number of hydrogen-bond acceptors (Lipinski definition) is 4. The van der Waals surface area contributed by atoms with E-state index in [-0.39, 0.29) is 11.8 Å². The Morgan fingerprint density at radius 1 is 1.12 bits per heavy atom. The molecule has 1 aliphatic heterocycles. The van der Waals surface area contributed by atoms with Crippen molar-refractivity contribution in [3.05, 3.63) is 0 Å². The Morgan fingerprint density at radius 2 is 1.75 bits per heavy atom. The van der Waals surface area contributed by atoms with Gasteiger partial charge in [-0.1, -0.05) is 0 Å². The highest BCUT2D eigenvalue weighted by atomic mass is 16.2. The number of nitrogens with one attached hydrogen (secondary N) is 2. The van der Waals surface area contributed by atoms with Crippen LogP contribution in [0.2, 0.25) is 0 Å². The van der Waals surface area contributed by atoms with Gasteiger partial charge in [0, 0.05) is 33.2 Å². The molecule has 6 heteroatoms. The summed E-state index contributed by atoms with van der Waals surface area (Å²) in [7, 11) is 3.40. The lowest BCUT2D eigenvalue weighted by molar-refractivity contribution is -0.132. The van der Waals surface area contributed by atoms with E-state index in [2.05, 4.69) is 15.5 Å². The second kappa shape index (κ2) is 6.44. The minimum atomic E-state index is 0.0231. The molecule has 1 saturated heterocycles. The second-order valence-corrected chi connectivity index (χ2v) is 3.86. The second-order valence-electron chi connectivity index (χ2n) is 3.86. The molecule has 0 aromatic heterocycles. The SMILES string of the molecule is CNCC(=O)N1CCN(CC(=O)NC)CC1. The molecule has 0 aromatic carbocycles. The third-order valence-electron chi connectivity index (χ3n) is 2.70. The molecule has 16 heavy (non-hydrogen) atoms. The van der Waals surface area contributed by atoms with Gasteiger partial charge in [0.15, 0.2) is 0 Å². The molecule has 1 rings (SSSR count). The third kappa shape index (κ3) is 3.79. The summed E-state index contributed by atoms with van der Waals surface area (Å²) in [5.74, 6) is 0.150. The lowest BCUT2D eigenvalue weighted by Crippen LogP contribution is -2.52. The van der Waals surface area contributed by atoms with Crippen molar-refractivity contribution in [3.8, 4) is 0 Å². The van der Waals surface area contributed by atoms with Gasteiger partial charge in [0.25, 0.3) is 0 Å². The average Bonchev–Trinajstić information content (AvgIpc) is 2.30. The first-order valence-electron chi connectivity index (χ1n) is 5.52. The van der Waals surface area contributed by atoms with E-state index in [1.165, 1.54) is 0 Å². The number of hydrogen-bond donors (Lipinski definition) is 2. The van der Waals surface area contributed by atoms with E-state index >= 15 is 0 Å². The van der Waals surface area contributed by atoms with Crippen molar-refractivity contribution in [2.24, 2.45) is 0 Å². The van der Waals surface area contributed by atoms with Crippen LogP contribution in [0.25, 0.3) is 0 Å². The van der Waals surface area contributed by atoms with Gasteiger partial charge in [-0.15, -0.1) is 0 Å². The molecule has 0 atom stereocenters. The van der Waals surface area contributed by atoms with Gasteiger partial charge < -0.3 is 15.5 Å². The monoisotopic (exact) mass is 228 g/mol. The molecule has 2 N–H and O–H groups in total. The minimum absolute atomic E-state index is 0.0231. The standard InChI is InChI=1S/C10H20N4O2/c1-11-7-10(16)14-5-3-13(4-6-14)8-9(15)12-2/h11H,3-8H2,1-2H3,(H,12,15). The number of amides is 2. The van der Waals surface area contributed by atoms with Crippen LogP contribution in [-0.4, -0.2) is 75.0 Å². The number of rotatable bonds is 4. The molecule has 0 unspecified atom stereocenters. The van der Waals surface area contributed by atoms with Crippen LogP contribution in [0.1, 0.15) is 0 Å². The van der Waals surface area contributed by atoms with Gasteiger partial charge in [-0.25, -0.2) is 0 Å². The van der Waals surface area contributed by atoms with Crippen LogP contribution < -0.4 is 10.6 Å². The summed E-state index contributed by atoms with van der Waals surface area (Å²) in [6.45, 7) is 3.75. The van der Waals surface area contributed by atoms with E-state index < -0.39 is 0 Å². The number of nitrogens with zero attached hydrogens (tertiary/aromatic N) is 2. The van der Waals surface area contributed by atoms with E-state index in [0.29, 0.717) is 26.2 Å². The lowest BCUT2D eigenvalue weighted by atomic mass is 10.3. The summed E-state index contributed by atoms with van der Waals surface area (Å²) in [6.07, 6.45) is 0. The van der Waals surface area contributed by atoms with Gasteiger partial charge in [-0.2, -0.15) is 0 Å². The molecule has 2 amide bonds. The van der Waals surface area contributed by atoms with Crippen LogP contribution >= 0.6 is 0 Å². The molecule has 0 aliphatic carbocycles. The van der Waals surface area contributed by atoms with E-state index in [1.54, 1.807) is 14.1 Å². The van der Waals surface area contributed by atoms with Crippen LogP contribution in [-0.2, 0) is 9.59 Å². The highest BCUT2D eigenvalue weighted by Crippen LogP contribution is 2.01. The molecule has 1 aliphatic rings. The predicted octanol–water partition coefficient (Wildman–Crippen LogP) is -1.90. The summed E-state index contributed by atoms with van der Waals surface area (Å²) in [4.78, 5) is 26.6. The quantitative estimate of drug-likeness (QED) is 0.590. The fraction of sp³-hybridized carbons (Fsp3) is 0.800. The van der Waals surface area contributed by atoms with Gasteiger partial charge in [0.1, 0.15) is 0 Å². The van der Waals surface area contributed by atoms with E-state index in [0.717, 1.165) is 13.1 Å². The molecule has 6 nitrogen and oxygen atoms in total. The normalized spacial score (nSPS) is 17.2. The van der Waals surface area contributed by atoms with Gasteiger partial charge in [-0.05, 0) is 7.05 Å². The minimum Gasteiger partial charge on any atom is -0.358 e. The van der Waals surface area contributed by atoms with Crippen molar-refractivity contribution >= 4 is 11.8 Å². The fourth-order valence-electron chi connectivity index (χ4n) is 1.70. The average molecular weight is 228 g/mol. The molecule has 0 radical (unpaired) electrons. The van der Waals surface area contributed by atoms with Crippen LogP contribution in [0.4, 0.5) is 0 Å². The highest BCUT2D eigenvalue weighted by Gasteiger charge is 2.21. The zero-order valence-electron chi connectivity index (χ0n) is 9.95. The fourth-order valence-corrected chi connectivity index (χ4v) is 1.70. The summed E-state index contributed by atoms with van der Waals surface area (Å²) < 4.78 is 0. The number of likely N-dealkylation sites (N-methyl/N-ethyl adjacent to an activating group) is 2. The zero-order valence-corrected chi connectivity index (χ0v) is 9.95. The molecule has 1 heterocycles.